The number of aromatic nitrogens is 2. The molecule has 28 heavy (non-hydrogen) atoms. The lowest BCUT2D eigenvalue weighted by molar-refractivity contribution is 0.0726. The minimum absolute atomic E-state index is 0.0158. The van der Waals surface area contributed by atoms with E-state index in [-0.39, 0.29) is 16.3 Å². The Hall–Kier alpha value is -2.87. The SMILES string of the molecule is COc1cc2ncc(C(=O)Oc3ccccc3C)n2cc1S(=O)(=O)C(C)(C)C. The maximum absolute atomic E-state index is 13.0. The molecule has 0 saturated carbocycles. The van der Waals surface area contributed by atoms with Crippen molar-refractivity contribution in [3.63, 3.8) is 0 Å². The highest BCUT2D eigenvalue weighted by Crippen LogP contribution is 2.33. The molecule has 0 aliphatic heterocycles. The Morgan fingerprint density at radius 3 is 2.43 bits per heavy atom. The van der Waals surface area contributed by atoms with Crippen LogP contribution < -0.4 is 9.47 Å². The molecule has 0 aliphatic rings. The lowest BCUT2D eigenvalue weighted by atomic mass is 10.2. The van der Waals surface area contributed by atoms with Crippen molar-refractivity contribution in [3.05, 3.63) is 54.0 Å². The van der Waals surface area contributed by atoms with Gasteiger partial charge in [0, 0.05) is 12.3 Å². The molecule has 0 amide bonds. The number of esters is 1. The first kappa shape index (κ1) is 19.9. The number of hydrogen-bond donors (Lipinski definition) is 0. The number of methoxy groups -OCH3 is 1. The van der Waals surface area contributed by atoms with Crippen LogP contribution in [0.2, 0.25) is 0 Å². The minimum Gasteiger partial charge on any atom is -0.495 e. The maximum Gasteiger partial charge on any atom is 0.362 e. The molecule has 0 unspecified atom stereocenters. The molecule has 7 nitrogen and oxygen atoms in total. The molecule has 0 saturated heterocycles. The van der Waals surface area contributed by atoms with E-state index in [4.69, 9.17) is 9.47 Å². The van der Waals surface area contributed by atoms with E-state index in [2.05, 4.69) is 4.98 Å². The van der Waals surface area contributed by atoms with Gasteiger partial charge in [0.25, 0.3) is 0 Å². The maximum atomic E-state index is 13.0. The number of ether oxygens (including phenoxy) is 2. The van der Waals surface area contributed by atoms with Gasteiger partial charge in [0.05, 0.1) is 18.1 Å². The average molecular weight is 402 g/mol. The number of carbonyl (C=O) groups is 1. The number of aryl methyl sites for hydroxylation is 1. The predicted molar refractivity (Wildman–Crippen MR) is 105 cm³/mol. The van der Waals surface area contributed by atoms with Gasteiger partial charge in [-0.3, -0.25) is 4.40 Å². The first-order valence-corrected chi connectivity index (χ1v) is 10.1. The van der Waals surface area contributed by atoms with Crippen molar-refractivity contribution in [1.29, 1.82) is 0 Å². The van der Waals surface area contributed by atoms with Gasteiger partial charge in [-0.05, 0) is 39.3 Å². The molecule has 8 heteroatoms. The first-order chi connectivity index (χ1) is 13.1. The van der Waals surface area contributed by atoms with E-state index in [1.807, 2.05) is 19.1 Å². The summed E-state index contributed by atoms with van der Waals surface area (Å²) in [4.78, 5) is 16.9. The zero-order valence-corrected chi connectivity index (χ0v) is 17.2. The predicted octanol–water partition coefficient (Wildman–Crippen LogP) is 3.44. The lowest BCUT2D eigenvalue weighted by Gasteiger charge is -2.21. The average Bonchev–Trinajstić information content (AvgIpc) is 3.04. The van der Waals surface area contributed by atoms with Crippen LogP contribution in [0.1, 0.15) is 36.8 Å². The van der Waals surface area contributed by atoms with E-state index >= 15 is 0 Å². The summed E-state index contributed by atoms with van der Waals surface area (Å²) in [6.45, 7) is 6.64. The lowest BCUT2D eigenvalue weighted by Crippen LogP contribution is -2.28. The third-order valence-corrected chi connectivity index (χ3v) is 6.89. The van der Waals surface area contributed by atoms with Crippen LogP contribution in [0.15, 0.2) is 47.6 Å². The third kappa shape index (κ3) is 3.35. The fraction of sp³-hybridized carbons (Fsp3) is 0.300. The van der Waals surface area contributed by atoms with Gasteiger partial charge in [0.1, 0.15) is 22.0 Å². The number of rotatable bonds is 4. The van der Waals surface area contributed by atoms with Crippen LogP contribution in [0, 0.1) is 6.92 Å². The summed E-state index contributed by atoms with van der Waals surface area (Å²) in [6.07, 6.45) is 2.71. The molecule has 2 heterocycles. The Labute approximate surface area is 163 Å². The number of sulfone groups is 1. The first-order valence-electron chi connectivity index (χ1n) is 8.64. The molecule has 148 valence electrons. The summed E-state index contributed by atoms with van der Waals surface area (Å²) in [5, 5.41) is 0. The van der Waals surface area contributed by atoms with Crippen molar-refractivity contribution in [1.82, 2.24) is 9.38 Å². The molecule has 0 atom stereocenters. The number of pyridine rings is 1. The van der Waals surface area contributed by atoms with Crippen LogP contribution >= 0.6 is 0 Å². The number of imidazole rings is 1. The monoisotopic (exact) mass is 402 g/mol. The second kappa shape index (κ2) is 6.94. The van der Waals surface area contributed by atoms with Gasteiger partial charge >= 0.3 is 5.97 Å². The Morgan fingerprint density at radius 2 is 1.82 bits per heavy atom. The summed E-state index contributed by atoms with van der Waals surface area (Å²) in [6, 6.07) is 8.62. The fourth-order valence-electron chi connectivity index (χ4n) is 2.65. The Balaban J connectivity index is 2.13. The molecule has 0 radical (unpaired) electrons. The van der Waals surface area contributed by atoms with Crippen LogP contribution in [0.5, 0.6) is 11.5 Å². The number of nitrogens with zero attached hydrogens (tertiary/aromatic N) is 2. The summed E-state index contributed by atoms with van der Waals surface area (Å²) < 4.78 is 37.1. The van der Waals surface area contributed by atoms with E-state index in [0.717, 1.165) is 5.56 Å². The zero-order chi connectivity index (χ0) is 20.7. The van der Waals surface area contributed by atoms with Crippen LogP contribution in [-0.2, 0) is 9.84 Å². The quantitative estimate of drug-likeness (QED) is 0.491. The molecule has 0 aliphatic carbocycles. The van der Waals surface area contributed by atoms with Crippen LogP contribution in [0.3, 0.4) is 0 Å². The van der Waals surface area contributed by atoms with Crippen LogP contribution in [0.25, 0.3) is 5.65 Å². The topological polar surface area (TPSA) is 87.0 Å². The largest absolute Gasteiger partial charge is 0.495 e. The molecule has 0 spiro atoms. The number of fused-ring (bicyclic) bond motifs is 1. The third-order valence-electron chi connectivity index (χ3n) is 4.40. The van der Waals surface area contributed by atoms with Crippen molar-refractivity contribution in [2.45, 2.75) is 37.3 Å². The van der Waals surface area contributed by atoms with Gasteiger partial charge in [-0.2, -0.15) is 0 Å². The Bertz CT molecular complexity index is 1160. The highest BCUT2D eigenvalue weighted by atomic mass is 32.2. The Kier molecular flexibility index (Phi) is 4.93. The van der Waals surface area contributed by atoms with Crippen LogP contribution in [0.4, 0.5) is 0 Å². The van der Waals surface area contributed by atoms with Gasteiger partial charge in [0.15, 0.2) is 15.5 Å². The Morgan fingerprint density at radius 1 is 1.14 bits per heavy atom. The summed E-state index contributed by atoms with van der Waals surface area (Å²) >= 11 is 0. The normalized spacial score (nSPS) is 12.2. The van der Waals surface area contributed by atoms with Crippen molar-refractivity contribution in [3.8, 4) is 11.5 Å². The van der Waals surface area contributed by atoms with Crippen molar-refractivity contribution < 1.29 is 22.7 Å². The number of carbonyl (C=O) groups excluding carboxylic acids is 1. The van der Waals surface area contributed by atoms with Gasteiger partial charge in [-0.25, -0.2) is 18.2 Å². The van der Waals surface area contributed by atoms with Gasteiger partial charge in [0.2, 0.25) is 0 Å². The number of benzene rings is 1. The molecule has 1 aromatic carbocycles. The summed E-state index contributed by atoms with van der Waals surface area (Å²) in [5.74, 6) is -0.0311. The molecular formula is C20H22N2O5S. The van der Waals surface area contributed by atoms with E-state index in [0.29, 0.717) is 11.4 Å². The van der Waals surface area contributed by atoms with E-state index < -0.39 is 20.6 Å². The molecule has 0 N–H and O–H groups in total. The van der Waals surface area contributed by atoms with Gasteiger partial charge in [-0.1, -0.05) is 18.2 Å². The zero-order valence-electron chi connectivity index (χ0n) is 16.4. The van der Waals surface area contributed by atoms with E-state index in [9.17, 15) is 13.2 Å². The minimum atomic E-state index is -3.72. The molecule has 3 rings (SSSR count). The van der Waals surface area contributed by atoms with Crippen molar-refractivity contribution in [2.75, 3.05) is 7.11 Å². The van der Waals surface area contributed by atoms with Gasteiger partial charge < -0.3 is 9.47 Å². The highest BCUT2D eigenvalue weighted by Gasteiger charge is 2.34. The van der Waals surface area contributed by atoms with Gasteiger partial charge in [-0.15, -0.1) is 0 Å². The fourth-order valence-corrected chi connectivity index (χ4v) is 3.96. The number of hydrogen-bond acceptors (Lipinski definition) is 6. The molecule has 0 fully saturated rings. The van der Waals surface area contributed by atoms with E-state index in [1.54, 1.807) is 32.9 Å². The molecule has 2 aromatic heterocycles. The van der Waals surface area contributed by atoms with Crippen molar-refractivity contribution in [2.24, 2.45) is 0 Å². The van der Waals surface area contributed by atoms with Crippen molar-refractivity contribution >= 4 is 21.5 Å². The van der Waals surface area contributed by atoms with Crippen LogP contribution in [-0.4, -0.2) is 35.6 Å². The number of para-hydroxylation sites is 1. The smallest absolute Gasteiger partial charge is 0.362 e. The molecule has 3 aromatic rings. The highest BCUT2D eigenvalue weighted by molar-refractivity contribution is 7.92. The molecular weight excluding hydrogens is 380 g/mol. The van der Waals surface area contributed by atoms with E-state index in [1.165, 1.54) is 30.0 Å². The summed E-state index contributed by atoms with van der Waals surface area (Å²) in [7, 11) is -2.33. The molecule has 0 bridgehead atoms. The summed E-state index contributed by atoms with van der Waals surface area (Å²) in [5.41, 5.74) is 1.30. The second-order valence-electron chi connectivity index (χ2n) is 7.35. The second-order valence-corrected chi connectivity index (χ2v) is 10.0. The standard InChI is InChI=1S/C20H22N2O5S/c1-13-8-6-7-9-15(13)27-19(23)14-11-21-18-10-16(26-5)17(12-22(14)18)28(24,25)20(2,3)4/h6-12H,1-5H3.